The first-order chi connectivity index (χ1) is 12.5. The Kier molecular flexibility index (Phi) is 5.95. The second-order valence-corrected chi connectivity index (χ2v) is 8.33. The van der Waals surface area contributed by atoms with Crippen LogP contribution in [0.5, 0.6) is 5.75 Å². The number of allylic oxidation sites excluding steroid dienone is 2. The van der Waals surface area contributed by atoms with Crippen molar-refractivity contribution in [2.24, 2.45) is 5.92 Å². The minimum atomic E-state index is -3.63. The Bertz CT molecular complexity index is 785. The van der Waals surface area contributed by atoms with E-state index in [0.717, 1.165) is 12.8 Å². The molecule has 0 aromatic heterocycles. The maximum Gasteiger partial charge on any atom is 0.243 e. The van der Waals surface area contributed by atoms with Gasteiger partial charge < -0.3 is 14.8 Å². The van der Waals surface area contributed by atoms with Crippen LogP contribution in [0.3, 0.4) is 0 Å². The third kappa shape index (κ3) is 4.25. The van der Waals surface area contributed by atoms with Crippen LogP contribution in [0, 0.1) is 5.92 Å². The van der Waals surface area contributed by atoms with Crippen molar-refractivity contribution in [3.05, 3.63) is 30.4 Å². The fourth-order valence-corrected chi connectivity index (χ4v) is 4.62. The first-order valence-electron chi connectivity index (χ1n) is 8.73. The number of anilines is 1. The van der Waals surface area contributed by atoms with Gasteiger partial charge in [-0.25, -0.2) is 8.42 Å². The molecule has 1 saturated heterocycles. The lowest BCUT2D eigenvalue weighted by Gasteiger charge is -2.26. The van der Waals surface area contributed by atoms with Crippen LogP contribution < -0.4 is 10.1 Å². The lowest BCUT2D eigenvalue weighted by molar-refractivity contribution is -0.116. The number of carbonyl (C=O) groups excluding carboxylic acids is 1. The summed E-state index contributed by atoms with van der Waals surface area (Å²) in [6, 6.07) is 4.53. The predicted octanol–water partition coefficient (Wildman–Crippen LogP) is 2.01. The van der Waals surface area contributed by atoms with E-state index in [4.69, 9.17) is 9.47 Å². The molecule has 1 aromatic rings. The predicted molar refractivity (Wildman–Crippen MR) is 97.7 cm³/mol. The summed E-state index contributed by atoms with van der Waals surface area (Å²) in [6.45, 7) is 1.41. The zero-order valence-electron chi connectivity index (χ0n) is 14.8. The van der Waals surface area contributed by atoms with E-state index in [1.807, 2.05) is 0 Å². The summed E-state index contributed by atoms with van der Waals surface area (Å²) in [5.41, 5.74) is 0.369. The van der Waals surface area contributed by atoms with Crippen molar-refractivity contribution in [1.82, 2.24) is 4.31 Å². The Balaban J connectivity index is 1.79. The van der Waals surface area contributed by atoms with Crippen molar-refractivity contribution in [2.75, 3.05) is 38.7 Å². The second kappa shape index (κ2) is 8.20. The molecular weight excluding hydrogens is 356 g/mol. The average Bonchev–Trinajstić information content (AvgIpc) is 3.15. The summed E-state index contributed by atoms with van der Waals surface area (Å²) in [5.74, 6) is 0.517. The smallest absolute Gasteiger partial charge is 0.243 e. The Morgan fingerprint density at radius 3 is 2.77 bits per heavy atom. The van der Waals surface area contributed by atoms with Crippen molar-refractivity contribution in [1.29, 1.82) is 0 Å². The van der Waals surface area contributed by atoms with Crippen molar-refractivity contribution in [3.8, 4) is 5.75 Å². The van der Waals surface area contributed by atoms with E-state index in [1.54, 1.807) is 6.07 Å². The molecule has 1 heterocycles. The molecule has 26 heavy (non-hydrogen) atoms. The number of morpholine rings is 1. The zero-order valence-corrected chi connectivity index (χ0v) is 15.6. The van der Waals surface area contributed by atoms with Gasteiger partial charge in [-0.3, -0.25) is 4.79 Å². The van der Waals surface area contributed by atoms with Crippen molar-refractivity contribution in [2.45, 2.75) is 24.2 Å². The van der Waals surface area contributed by atoms with Crippen LogP contribution in [-0.4, -0.2) is 52.0 Å². The molecule has 1 N–H and O–H groups in total. The molecule has 142 valence electrons. The summed E-state index contributed by atoms with van der Waals surface area (Å²) < 4.78 is 37.5. The molecule has 7 nitrogen and oxygen atoms in total. The topological polar surface area (TPSA) is 84.9 Å². The number of carbonyl (C=O) groups is 1. The molecule has 0 bridgehead atoms. The minimum absolute atomic E-state index is 0.135. The summed E-state index contributed by atoms with van der Waals surface area (Å²) in [5, 5.41) is 2.80. The molecule has 3 rings (SSSR count). The molecule has 1 fully saturated rings. The number of nitrogens with one attached hydrogen (secondary N) is 1. The number of rotatable bonds is 6. The van der Waals surface area contributed by atoms with Crippen LogP contribution in [0.15, 0.2) is 35.2 Å². The Morgan fingerprint density at radius 1 is 1.35 bits per heavy atom. The van der Waals surface area contributed by atoms with Gasteiger partial charge >= 0.3 is 0 Å². The molecule has 1 aliphatic heterocycles. The van der Waals surface area contributed by atoms with E-state index in [1.165, 1.54) is 23.5 Å². The van der Waals surface area contributed by atoms with Crippen molar-refractivity contribution < 1.29 is 22.7 Å². The van der Waals surface area contributed by atoms with Crippen LogP contribution in [0.1, 0.15) is 19.3 Å². The standard InChI is InChI=1S/C18H24N2O5S/c1-24-17-7-6-15(26(22,23)20-8-10-25-11-9-20)13-16(17)19-18(21)12-14-4-2-3-5-14/h2,4,6-7,13-14H,3,5,8-12H2,1H3,(H,19,21)/t14-/m1/s1. The summed E-state index contributed by atoms with van der Waals surface area (Å²) in [7, 11) is -2.15. The highest BCUT2D eigenvalue weighted by molar-refractivity contribution is 7.89. The van der Waals surface area contributed by atoms with Gasteiger partial charge in [0.05, 0.1) is 30.9 Å². The lowest BCUT2D eigenvalue weighted by Crippen LogP contribution is -2.40. The largest absolute Gasteiger partial charge is 0.495 e. The highest BCUT2D eigenvalue weighted by Gasteiger charge is 2.27. The molecule has 1 atom stereocenters. The van der Waals surface area contributed by atoms with Gasteiger partial charge in [0, 0.05) is 19.5 Å². The van der Waals surface area contributed by atoms with E-state index in [0.29, 0.717) is 44.2 Å². The van der Waals surface area contributed by atoms with Gasteiger partial charge in [0.2, 0.25) is 15.9 Å². The molecule has 0 spiro atoms. The van der Waals surface area contributed by atoms with Gasteiger partial charge in [-0.1, -0.05) is 12.2 Å². The molecule has 8 heteroatoms. The SMILES string of the molecule is COc1ccc(S(=O)(=O)N2CCOCC2)cc1NC(=O)C[C@@H]1C=CCC1. The van der Waals surface area contributed by atoms with Crippen LogP contribution in [0.4, 0.5) is 5.69 Å². The van der Waals surface area contributed by atoms with Gasteiger partial charge in [0.15, 0.2) is 0 Å². The van der Waals surface area contributed by atoms with Gasteiger partial charge in [-0.15, -0.1) is 0 Å². The average molecular weight is 380 g/mol. The van der Waals surface area contributed by atoms with E-state index < -0.39 is 10.0 Å². The normalized spacial score (nSPS) is 20.9. The van der Waals surface area contributed by atoms with Crippen molar-refractivity contribution >= 4 is 21.6 Å². The molecule has 1 amide bonds. The van der Waals surface area contributed by atoms with E-state index >= 15 is 0 Å². The molecular formula is C18H24N2O5S. The number of hydrogen-bond acceptors (Lipinski definition) is 5. The third-order valence-corrected chi connectivity index (χ3v) is 6.51. The Labute approximate surface area is 154 Å². The summed E-state index contributed by atoms with van der Waals surface area (Å²) >= 11 is 0. The zero-order chi connectivity index (χ0) is 18.6. The minimum Gasteiger partial charge on any atom is -0.495 e. The molecule has 2 aliphatic rings. The monoisotopic (exact) mass is 380 g/mol. The number of amides is 1. The van der Waals surface area contributed by atoms with Crippen LogP contribution in [0.25, 0.3) is 0 Å². The molecule has 1 aromatic carbocycles. The lowest BCUT2D eigenvalue weighted by atomic mass is 10.1. The van der Waals surface area contributed by atoms with Gasteiger partial charge in [0.25, 0.3) is 0 Å². The first-order valence-corrected chi connectivity index (χ1v) is 10.2. The van der Waals surface area contributed by atoms with Gasteiger partial charge in [-0.2, -0.15) is 4.31 Å². The number of nitrogens with zero attached hydrogens (tertiary/aromatic N) is 1. The van der Waals surface area contributed by atoms with E-state index in [-0.39, 0.29) is 16.7 Å². The van der Waals surface area contributed by atoms with Crippen LogP contribution in [-0.2, 0) is 19.6 Å². The van der Waals surface area contributed by atoms with Crippen LogP contribution >= 0.6 is 0 Å². The second-order valence-electron chi connectivity index (χ2n) is 6.40. The van der Waals surface area contributed by atoms with Crippen LogP contribution in [0.2, 0.25) is 0 Å². The molecule has 0 saturated carbocycles. The number of benzene rings is 1. The summed E-state index contributed by atoms with van der Waals surface area (Å²) in [6.07, 6.45) is 6.47. The number of ether oxygens (including phenoxy) is 2. The number of hydrogen-bond donors (Lipinski definition) is 1. The first kappa shape index (κ1) is 18.9. The number of sulfonamides is 1. The van der Waals surface area contributed by atoms with Gasteiger partial charge in [0.1, 0.15) is 5.75 Å². The highest BCUT2D eigenvalue weighted by Crippen LogP contribution is 2.30. The Morgan fingerprint density at radius 2 is 2.12 bits per heavy atom. The fourth-order valence-electron chi connectivity index (χ4n) is 3.19. The molecule has 0 radical (unpaired) electrons. The van der Waals surface area contributed by atoms with Crippen molar-refractivity contribution in [3.63, 3.8) is 0 Å². The molecule has 1 aliphatic carbocycles. The third-order valence-electron chi connectivity index (χ3n) is 4.61. The highest BCUT2D eigenvalue weighted by atomic mass is 32.2. The maximum absolute atomic E-state index is 12.8. The van der Waals surface area contributed by atoms with E-state index in [9.17, 15) is 13.2 Å². The van der Waals surface area contributed by atoms with E-state index in [2.05, 4.69) is 17.5 Å². The fraction of sp³-hybridized carbons (Fsp3) is 0.500. The Hall–Kier alpha value is -1.90. The number of methoxy groups -OCH3 is 1. The summed E-state index contributed by atoms with van der Waals surface area (Å²) in [4.78, 5) is 12.5. The molecule has 0 unspecified atom stereocenters. The quantitative estimate of drug-likeness (QED) is 0.763. The maximum atomic E-state index is 12.8. The van der Waals surface area contributed by atoms with Gasteiger partial charge in [-0.05, 0) is 37.0 Å².